The molecule has 31 heavy (non-hydrogen) atoms. The van der Waals surface area contributed by atoms with Crippen molar-refractivity contribution in [3.05, 3.63) is 101 Å². The molecule has 0 unspecified atom stereocenters. The van der Waals surface area contributed by atoms with E-state index in [0.717, 1.165) is 11.1 Å². The first-order valence-corrected chi connectivity index (χ1v) is 10.9. The zero-order valence-corrected chi connectivity index (χ0v) is 17.5. The van der Waals surface area contributed by atoms with Crippen molar-refractivity contribution < 1.29 is 18.0 Å². The number of carbonyl (C=O) groups excluding carboxylic acids is 2. The molecule has 4 N–H and O–H groups in total. The molecule has 0 saturated heterocycles. The summed E-state index contributed by atoms with van der Waals surface area (Å²) < 4.78 is 22.8. The molecule has 0 saturated carbocycles. The fourth-order valence-electron chi connectivity index (χ4n) is 2.70. The Labute approximate surface area is 180 Å². The Bertz CT molecular complexity index is 1220. The highest BCUT2D eigenvalue weighted by Crippen LogP contribution is 2.15. The number of sulfonamides is 1. The molecule has 0 spiro atoms. The van der Waals surface area contributed by atoms with Crippen molar-refractivity contribution in [3.63, 3.8) is 0 Å². The van der Waals surface area contributed by atoms with E-state index in [1.54, 1.807) is 30.3 Å². The summed E-state index contributed by atoms with van der Waals surface area (Å²) in [5.41, 5.74) is 2.53. The predicted octanol–water partition coefficient (Wildman–Crippen LogP) is 3.05. The van der Waals surface area contributed by atoms with Crippen molar-refractivity contribution in [2.24, 2.45) is 5.14 Å². The summed E-state index contributed by atoms with van der Waals surface area (Å²) in [7, 11) is -3.84. The maximum absolute atomic E-state index is 12.9. The van der Waals surface area contributed by atoms with E-state index in [-0.39, 0.29) is 10.6 Å². The number of amides is 2. The van der Waals surface area contributed by atoms with Gasteiger partial charge in [-0.05, 0) is 55.0 Å². The molecule has 0 heterocycles. The molecule has 0 radical (unpaired) electrons. The number of carbonyl (C=O) groups is 2. The highest BCUT2D eigenvalue weighted by molar-refractivity contribution is 7.89. The number of rotatable bonds is 6. The van der Waals surface area contributed by atoms with Crippen molar-refractivity contribution in [3.8, 4) is 0 Å². The second kappa shape index (κ2) is 9.38. The van der Waals surface area contributed by atoms with Crippen LogP contribution in [0.15, 0.2) is 89.5 Å². The quantitative estimate of drug-likeness (QED) is 0.516. The summed E-state index contributed by atoms with van der Waals surface area (Å²) >= 11 is 0. The minimum absolute atomic E-state index is 0.0345. The van der Waals surface area contributed by atoms with Crippen LogP contribution in [0.25, 0.3) is 6.08 Å². The Morgan fingerprint density at radius 1 is 0.871 bits per heavy atom. The Morgan fingerprint density at radius 2 is 1.48 bits per heavy atom. The minimum atomic E-state index is -3.84. The smallest absolute Gasteiger partial charge is 0.272 e. The molecule has 0 aliphatic heterocycles. The third-order valence-corrected chi connectivity index (χ3v) is 5.29. The summed E-state index contributed by atoms with van der Waals surface area (Å²) in [5, 5.41) is 10.4. The number of anilines is 1. The van der Waals surface area contributed by atoms with E-state index in [1.165, 1.54) is 24.3 Å². The van der Waals surface area contributed by atoms with Gasteiger partial charge in [0, 0.05) is 11.3 Å². The molecule has 8 heteroatoms. The Morgan fingerprint density at radius 3 is 2.06 bits per heavy atom. The van der Waals surface area contributed by atoms with Crippen molar-refractivity contribution >= 4 is 33.6 Å². The number of hydrogen-bond acceptors (Lipinski definition) is 4. The minimum Gasteiger partial charge on any atom is -0.321 e. The third kappa shape index (κ3) is 6.11. The van der Waals surface area contributed by atoms with Crippen LogP contribution >= 0.6 is 0 Å². The third-order valence-electron chi connectivity index (χ3n) is 4.36. The van der Waals surface area contributed by atoms with Gasteiger partial charge in [0.2, 0.25) is 10.0 Å². The Hall–Kier alpha value is -3.75. The van der Waals surface area contributed by atoms with Crippen LogP contribution in [0, 0.1) is 6.92 Å². The molecule has 0 atom stereocenters. The lowest BCUT2D eigenvalue weighted by Gasteiger charge is -2.12. The van der Waals surface area contributed by atoms with Crippen molar-refractivity contribution in [1.82, 2.24) is 5.32 Å². The van der Waals surface area contributed by atoms with E-state index in [9.17, 15) is 18.0 Å². The van der Waals surface area contributed by atoms with Crippen LogP contribution in [0.4, 0.5) is 5.69 Å². The van der Waals surface area contributed by atoms with Gasteiger partial charge in [-0.25, -0.2) is 13.6 Å². The molecule has 2 amide bonds. The number of nitrogens with two attached hydrogens (primary N) is 1. The van der Waals surface area contributed by atoms with E-state index >= 15 is 0 Å². The normalized spacial score (nSPS) is 11.6. The second-order valence-electron chi connectivity index (χ2n) is 6.81. The van der Waals surface area contributed by atoms with E-state index < -0.39 is 21.8 Å². The van der Waals surface area contributed by atoms with Gasteiger partial charge in [-0.15, -0.1) is 0 Å². The molecule has 0 bridgehead atoms. The summed E-state index contributed by atoms with van der Waals surface area (Å²) in [6.07, 6.45) is 1.56. The average Bonchev–Trinajstić information content (AvgIpc) is 2.74. The lowest BCUT2D eigenvalue weighted by molar-refractivity contribution is -0.113. The van der Waals surface area contributed by atoms with Gasteiger partial charge >= 0.3 is 0 Å². The number of hydrogen-bond donors (Lipinski definition) is 3. The predicted molar refractivity (Wildman–Crippen MR) is 120 cm³/mol. The summed E-state index contributed by atoms with van der Waals surface area (Å²) in [6, 6.07) is 21.4. The van der Waals surface area contributed by atoms with E-state index in [2.05, 4.69) is 10.6 Å². The summed E-state index contributed by atoms with van der Waals surface area (Å²) in [4.78, 5) is 25.5. The standard InChI is InChI=1S/C23H21N3O4S/c1-16-7-9-18(10-8-16)22(27)26-21(15-17-5-3-2-4-6-17)23(28)25-19-11-13-20(14-12-19)31(24,29)30/h2-15H,1H3,(H,25,28)(H,26,27)(H2,24,29,30). The van der Waals surface area contributed by atoms with Crippen LogP contribution in [-0.2, 0) is 14.8 Å². The lowest BCUT2D eigenvalue weighted by Crippen LogP contribution is -2.30. The van der Waals surface area contributed by atoms with Crippen LogP contribution in [0.3, 0.4) is 0 Å². The molecule has 3 rings (SSSR count). The molecule has 0 fully saturated rings. The molecular formula is C23H21N3O4S. The van der Waals surface area contributed by atoms with Gasteiger partial charge in [-0.1, -0.05) is 48.0 Å². The van der Waals surface area contributed by atoms with Crippen LogP contribution in [0.2, 0.25) is 0 Å². The van der Waals surface area contributed by atoms with E-state index in [4.69, 9.17) is 5.14 Å². The number of primary sulfonamides is 1. The van der Waals surface area contributed by atoms with Crippen molar-refractivity contribution in [2.45, 2.75) is 11.8 Å². The van der Waals surface area contributed by atoms with E-state index in [1.807, 2.05) is 37.3 Å². The van der Waals surface area contributed by atoms with Gasteiger partial charge in [0.05, 0.1) is 4.90 Å². The van der Waals surface area contributed by atoms with Crippen molar-refractivity contribution in [2.75, 3.05) is 5.32 Å². The maximum Gasteiger partial charge on any atom is 0.272 e. The summed E-state index contributed by atoms with van der Waals surface area (Å²) in [5.74, 6) is -0.991. The number of benzene rings is 3. The molecule has 158 valence electrons. The first-order chi connectivity index (χ1) is 14.7. The summed E-state index contributed by atoms with van der Waals surface area (Å²) in [6.45, 7) is 1.91. The average molecular weight is 436 g/mol. The molecule has 3 aromatic carbocycles. The molecular weight excluding hydrogens is 414 g/mol. The SMILES string of the molecule is Cc1ccc(C(=O)NC(=Cc2ccccc2)C(=O)Nc2ccc(S(N)(=O)=O)cc2)cc1. The zero-order chi connectivity index (χ0) is 22.4. The Kier molecular flexibility index (Phi) is 6.64. The van der Waals surface area contributed by atoms with Gasteiger partial charge in [0.25, 0.3) is 11.8 Å². The zero-order valence-electron chi connectivity index (χ0n) is 16.7. The largest absolute Gasteiger partial charge is 0.321 e. The maximum atomic E-state index is 12.9. The molecule has 0 aromatic heterocycles. The first kappa shape index (κ1) is 21.9. The molecule has 3 aromatic rings. The lowest BCUT2D eigenvalue weighted by atomic mass is 10.1. The first-order valence-electron chi connectivity index (χ1n) is 9.31. The number of aryl methyl sites for hydroxylation is 1. The highest BCUT2D eigenvalue weighted by Gasteiger charge is 2.16. The van der Waals surface area contributed by atoms with Gasteiger partial charge < -0.3 is 10.6 Å². The Balaban J connectivity index is 1.85. The van der Waals surface area contributed by atoms with Crippen LogP contribution in [-0.4, -0.2) is 20.2 Å². The molecule has 7 nitrogen and oxygen atoms in total. The monoisotopic (exact) mass is 435 g/mol. The van der Waals surface area contributed by atoms with Gasteiger partial charge in [0.1, 0.15) is 5.70 Å². The fraction of sp³-hybridized carbons (Fsp3) is 0.0435. The molecule has 0 aliphatic carbocycles. The van der Waals surface area contributed by atoms with Gasteiger partial charge in [-0.3, -0.25) is 9.59 Å². The highest BCUT2D eigenvalue weighted by atomic mass is 32.2. The van der Waals surface area contributed by atoms with Crippen LogP contribution in [0.5, 0.6) is 0 Å². The second-order valence-corrected chi connectivity index (χ2v) is 8.37. The topological polar surface area (TPSA) is 118 Å². The number of nitrogens with one attached hydrogen (secondary N) is 2. The molecule has 0 aliphatic rings. The fourth-order valence-corrected chi connectivity index (χ4v) is 3.22. The van der Waals surface area contributed by atoms with Gasteiger partial charge in [-0.2, -0.15) is 0 Å². The van der Waals surface area contributed by atoms with Crippen LogP contribution in [0.1, 0.15) is 21.5 Å². The van der Waals surface area contributed by atoms with Gasteiger partial charge in [0.15, 0.2) is 0 Å². The van der Waals surface area contributed by atoms with E-state index in [0.29, 0.717) is 11.3 Å². The van der Waals surface area contributed by atoms with Crippen molar-refractivity contribution in [1.29, 1.82) is 0 Å². The van der Waals surface area contributed by atoms with Crippen LogP contribution < -0.4 is 15.8 Å².